The second-order valence-electron chi connectivity index (χ2n) is 2.41. The largest absolute Gasteiger partial charge is 0.376 e. The summed E-state index contributed by atoms with van der Waals surface area (Å²) in [5.41, 5.74) is 0. The Balaban J connectivity index is 2.02. The molecule has 1 saturated heterocycles. The molecule has 3 heteroatoms. The first kappa shape index (κ1) is 7.98. The van der Waals surface area contributed by atoms with Gasteiger partial charge in [0.15, 0.2) is 0 Å². The van der Waals surface area contributed by atoms with Crippen LogP contribution in [0.5, 0.6) is 0 Å². The molecule has 1 aliphatic heterocycles. The van der Waals surface area contributed by atoms with E-state index < -0.39 is 0 Å². The number of hydrogen-bond acceptors (Lipinski definition) is 2. The fourth-order valence-corrected chi connectivity index (χ4v) is 1.01. The van der Waals surface area contributed by atoms with Gasteiger partial charge in [-0.3, -0.25) is 0 Å². The van der Waals surface area contributed by atoms with E-state index in [0.717, 1.165) is 6.42 Å². The van der Waals surface area contributed by atoms with Gasteiger partial charge in [-0.1, -0.05) is 0 Å². The SMILES string of the molecule is [O]CCCC1COCCO1. The highest BCUT2D eigenvalue weighted by Gasteiger charge is 2.12. The molecular weight excluding hydrogens is 132 g/mol. The third kappa shape index (κ3) is 2.64. The monoisotopic (exact) mass is 145 g/mol. The van der Waals surface area contributed by atoms with Gasteiger partial charge in [-0.05, 0) is 12.8 Å². The van der Waals surface area contributed by atoms with Gasteiger partial charge in [0, 0.05) is 0 Å². The van der Waals surface area contributed by atoms with Crippen LogP contribution < -0.4 is 0 Å². The molecule has 0 bridgehead atoms. The molecule has 0 aliphatic carbocycles. The summed E-state index contributed by atoms with van der Waals surface area (Å²) in [6, 6.07) is 0. The molecule has 1 heterocycles. The number of ether oxygens (including phenoxy) is 2. The Morgan fingerprint density at radius 1 is 1.40 bits per heavy atom. The number of hydrogen-bond donors (Lipinski definition) is 0. The Morgan fingerprint density at radius 2 is 2.30 bits per heavy atom. The minimum atomic E-state index is -0.000139. The van der Waals surface area contributed by atoms with Crippen LogP contribution in [0.3, 0.4) is 0 Å². The molecule has 0 saturated carbocycles. The smallest absolute Gasteiger partial charge is 0.0823 e. The summed E-state index contributed by atoms with van der Waals surface area (Å²) in [5.74, 6) is 0. The lowest BCUT2D eigenvalue weighted by Gasteiger charge is -2.22. The van der Waals surface area contributed by atoms with E-state index in [9.17, 15) is 5.11 Å². The summed E-state index contributed by atoms with van der Waals surface area (Å²) in [4.78, 5) is 0. The molecule has 3 nitrogen and oxygen atoms in total. The highest BCUT2D eigenvalue weighted by atomic mass is 16.6. The first-order valence-corrected chi connectivity index (χ1v) is 3.71. The van der Waals surface area contributed by atoms with E-state index in [-0.39, 0.29) is 12.7 Å². The second-order valence-corrected chi connectivity index (χ2v) is 2.41. The standard InChI is InChI=1S/C7H13O3/c8-3-1-2-7-6-9-4-5-10-7/h7H,1-6H2. The maximum Gasteiger partial charge on any atom is 0.0823 e. The normalized spacial score (nSPS) is 26.7. The molecule has 1 atom stereocenters. The molecular formula is C7H13O3. The fraction of sp³-hybridized carbons (Fsp3) is 1.00. The van der Waals surface area contributed by atoms with Crippen LogP contribution in [-0.2, 0) is 14.6 Å². The van der Waals surface area contributed by atoms with Gasteiger partial charge in [-0.15, -0.1) is 0 Å². The van der Waals surface area contributed by atoms with Crippen LogP contribution in [0.1, 0.15) is 12.8 Å². The quantitative estimate of drug-likeness (QED) is 0.583. The minimum Gasteiger partial charge on any atom is -0.376 e. The van der Waals surface area contributed by atoms with Crippen molar-refractivity contribution >= 4 is 0 Å². The van der Waals surface area contributed by atoms with Gasteiger partial charge in [0.05, 0.1) is 32.5 Å². The third-order valence-corrected chi connectivity index (χ3v) is 1.56. The van der Waals surface area contributed by atoms with Crippen LogP contribution >= 0.6 is 0 Å². The van der Waals surface area contributed by atoms with Crippen LogP contribution in [0.2, 0.25) is 0 Å². The van der Waals surface area contributed by atoms with E-state index in [1.165, 1.54) is 0 Å². The zero-order chi connectivity index (χ0) is 7.23. The van der Waals surface area contributed by atoms with Crippen molar-refractivity contribution in [1.29, 1.82) is 0 Å². The lowest BCUT2D eigenvalue weighted by Crippen LogP contribution is -2.28. The molecule has 59 valence electrons. The van der Waals surface area contributed by atoms with E-state index in [1.807, 2.05) is 0 Å². The predicted octanol–water partition coefficient (Wildman–Crippen LogP) is 0.612. The van der Waals surface area contributed by atoms with Crippen LogP contribution in [0.25, 0.3) is 0 Å². The predicted molar refractivity (Wildman–Crippen MR) is 35.3 cm³/mol. The molecule has 0 aromatic carbocycles. The summed E-state index contributed by atoms with van der Waals surface area (Å²) < 4.78 is 10.5. The van der Waals surface area contributed by atoms with Crippen molar-refractivity contribution in [2.45, 2.75) is 18.9 Å². The Bertz CT molecular complexity index is 78.9. The van der Waals surface area contributed by atoms with Crippen LogP contribution in [0.15, 0.2) is 0 Å². The fourth-order valence-electron chi connectivity index (χ4n) is 1.01. The first-order valence-electron chi connectivity index (χ1n) is 3.71. The van der Waals surface area contributed by atoms with E-state index in [0.29, 0.717) is 26.2 Å². The molecule has 1 aliphatic rings. The maximum absolute atomic E-state index is 10.1. The van der Waals surface area contributed by atoms with Crippen LogP contribution in [0, 0.1) is 0 Å². The van der Waals surface area contributed by atoms with Gasteiger partial charge in [0.1, 0.15) is 0 Å². The van der Waals surface area contributed by atoms with Crippen molar-refractivity contribution in [3.63, 3.8) is 0 Å². The second kappa shape index (κ2) is 4.66. The van der Waals surface area contributed by atoms with Gasteiger partial charge in [-0.25, -0.2) is 5.11 Å². The minimum absolute atomic E-state index is 0.000139. The molecule has 1 radical (unpaired) electrons. The summed E-state index contributed by atoms with van der Waals surface area (Å²) >= 11 is 0. The summed E-state index contributed by atoms with van der Waals surface area (Å²) in [6.07, 6.45) is 1.74. The zero-order valence-corrected chi connectivity index (χ0v) is 6.04. The maximum atomic E-state index is 10.1. The lowest BCUT2D eigenvalue weighted by atomic mass is 10.2. The van der Waals surface area contributed by atoms with Crippen molar-refractivity contribution < 1.29 is 14.6 Å². The van der Waals surface area contributed by atoms with Crippen molar-refractivity contribution in [1.82, 2.24) is 0 Å². The van der Waals surface area contributed by atoms with Crippen molar-refractivity contribution in [3.8, 4) is 0 Å². The molecule has 1 unspecified atom stereocenters. The molecule has 1 fully saturated rings. The Kier molecular flexibility index (Phi) is 3.72. The molecule has 10 heavy (non-hydrogen) atoms. The van der Waals surface area contributed by atoms with E-state index >= 15 is 0 Å². The van der Waals surface area contributed by atoms with Gasteiger partial charge in [0.2, 0.25) is 0 Å². The lowest BCUT2D eigenvalue weighted by molar-refractivity contribution is -0.0925. The Hall–Kier alpha value is -0.120. The highest BCUT2D eigenvalue weighted by molar-refractivity contribution is 4.59. The third-order valence-electron chi connectivity index (χ3n) is 1.56. The van der Waals surface area contributed by atoms with Crippen molar-refractivity contribution in [2.24, 2.45) is 0 Å². The van der Waals surface area contributed by atoms with Gasteiger partial charge < -0.3 is 9.47 Å². The summed E-state index contributed by atoms with van der Waals surface area (Å²) in [7, 11) is 0. The molecule has 0 aromatic rings. The Morgan fingerprint density at radius 3 is 2.90 bits per heavy atom. The zero-order valence-electron chi connectivity index (χ0n) is 6.04. The molecule has 1 rings (SSSR count). The molecule has 0 spiro atoms. The first-order chi connectivity index (χ1) is 4.93. The topological polar surface area (TPSA) is 38.4 Å². The molecule has 0 N–H and O–H groups in total. The average Bonchev–Trinajstić information content (AvgIpc) is 2.03. The van der Waals surface area contributed by atoms with E-state index in [4.69, 9.17) is 9.47 Å². The van der Waals surface area contributed by atoms with Crippen LogP contribution in [-0.4, -0.2) is 32.5 Å². The highest BCUT2D eigenvalue weighted by Crippen LogP contribution is 2.06. The van der Waals surface area contributed by atoms with Gasteiger partial charge in [0.25, 0.3) is 0 Å². The van der Waals surface area contributed by atoms with Crippen LogP contribution in [0.4, 0.5) is 0 Å². The van der Waals surface area contributed by atoms with Crippen molar-refractivity contribution in [2.75, 3.05) is 26.4 Å². The summed E-state index contributed by atoms with van der Waals surface area (Å²) in [5, 5.41) is 10.1. The van der Waals surface area contributed by atoms with E-state index in [1.54, 1.807) is 0 Å². The molecule has 0 aromatic heterocycles. The Labute approximate surface area is 60.9 Å². The summed E-state index contributed by atoms with van der Waals surface area (Å²) in [6.45, 7) is 2.05. The van der Waals surface area contributed by atoms with E-state index in [2.05, 4.69) is 0 Å². The van der Waals surface area contributed by atoms with Gasteiger partial charge >= 0.3 is 0 Å². The average molecular weight is 145 g/mol. The number of rotatable bonds is 3. The van der Waals surface area contributed by atoms with Crippen molar-refractivity contribution in [3.05, 3.63) is 0 Å². The van der Waals surface area contributed by atoms with Gasteiger partial charge in [-0.2, -0.15) is 0 Å². The molecule has 0 amide bonds.